The number of H-pyrrole nitrogens is 1. The Morgan fingerprint density at radius 3 is 2.57 bits per heavy atom. The molecule has 0 unspecified atom stereocenters. The van der Waals surface area contributed by atoms with Crippen LogP contribution in [0.2, 0.25) is 0 Å². The first-order valence-corrected chi connectivity index (χ1v) is 18.6. The number of alkyl halides is 1. The van der Waals surface area contributed by atoms with Crippen LogP contribution in [0.4, 0.5) is 33.2 Å². The highest BCUT2D eigenvalue weighted by Crippen LogP contribution is 2.42. The number of aromatic nitrogens is 5. The summed E-state index contributed by atoms with van der Waals surface area (Å²) in [4.78, 5) is 26.6. The number of fused-ring (bicyclic) bond motifs is 2. The van der Waals surface area contributed by atoms with Crippen LogP contribution in [0.1, 0.15) is 18.4 Å². The number of methoxy groups -OCH3 is 1. The van der Waals surface area contributed by atoms with Crippen LogP contribution < -0.4 is 30.9 Å². The minimum Gasteiger partial charge on any atom is -0.494 e. The standard InChI is InChI=1S/C35H41FN11OP/c1-38-20-22(19-37)24-17-27(29(48-2)18-28(24)47-15-13-46(14-16-47)21-35(36)8-9-35)43-34-44-32-23(7-10-41-32)33(45-34)42-26-6-5-25-30(31(26)49(3)4)40-12-11-39-25/h5-7,10-12,17-20,37-38H,8-9,13-16,21H2,1-4H3,(H3,41,42,43,44,45)/b22-20+,37-19?. The smallest absolute Gasteiger partial charge is 0.231 e. The number of piperazine rings is 1. The van der Waals surface area contributed by atoms with Crippen molar-refractivity contribution in [3.63, 3.8) is 0 Å². The molecule has 0 atom stereocenters. The van der Waals surface area contributed by atoms with E-state index in [4.69, 9.17) is 20.1 Å². The van der Waals surface area contributed by atoms with E-state index in [0.717, 1.165) is 64.8 Å². The maximum absolute atomic E-state index is 14.5. The van der Waals surface area contributed by atoms with Crippen molar-refractivity contribution < 1.29 is 9.13 Å². The van der Waals surface area contributed by atoms with Crippen molar-refractivity contribution in [3.8, 4) is 5.75 Å². The molecule has 3 aromatic heterocycles. The molecular weight excluding hydrogens is 640 g/mol. The molecule has 2 fully saturated rings. The quantitative estimate of drug-likeness (QED) is 0.0835. The summed E-state index contributed by atoms with van der Waals surface area (Å²) in [7, 11) is 2.93. The van der Waals surface area contributed by atoms with Gasteiger partial charge in [-0.3, -0.25) is 14.9 Å². The number of hydrogen-bond donors (Lipinski definition) is 5. The molecule has 4 heterocycles. The Bertz CT molecular complexity index is 2040. The second kappa shape index (κ2) is 13.6. The van der Waals surface area contributed by atoms with Gasteiger partial charge in [-0.25, -0.2) is 4.39 Å². The van der Waals surface area contributed by atoms with Crippen molar-refractivity contribution in [1.82, 2.24) is 35.1 Å². The molecule has 7 rings (SSSR count). The first-order chi connectivity index (χ1) is 23.8. The number of hydrogen-bond acceptors (Lipinski definition) is 11. The number of nitrogens with zero attached hydrogens (tertiary/aromatic N) is 6. The van der Waals surface area contributed by atoms with E-state index in [9.17, 15) is 4.39 Å². The largest absolute Gasteiger partial charge is 0.494 e. The molecule has 0 radical (unpaired) electrons. The number of benzene rings is 2. The molecular formula is C35H41FN11OP. The molecule has 254 valence electrons. The summed E-state index contributed by atoms with van der Waals surface area (Å²) in [5.41, 5.74) is 5.48. The van der Waals surface area contributed by atoms with E-state index in [1.165, 1.54) is 6.21 Å². The third-order valence-corrected chi connectivity index (χ3v) is 10.4. The summed E-state index contributed by atoms with van der Waals surface area (Å²) >= 11 is 0. The molecule has 14 heteroatoms. The van der Waals surface area contributed by atoms with Crippen molar-refractivity contribution in [2.24, 2.45) is 0 Å². The molecule has 5 aromatic rings. The second-order valence-electron chi connectivity index (χ2n) is 12.7. The molecule has 1 aliphatic heterocycles. The number of rotatable bonds is 12. The van der Waals surface area contributed by atoms with Crippen LogP contribution in [0, 0.1) is 5.41 Å². The van der Waals surface area contributed by atoms with Crippen molar-refractivity contribution >= 4 is 75.9 Å². The molecule has 2 aliphatic rings. The monoisotopic (exact) mass is 681 g/mol. The normalized spacial score (nSPS) is 16.3. The lowest BCUT2D eigenvalue weighted by atomic mass is 10.0. The summed E-state index contributed by atoms with van der Waals surface area (Å²) in [5, 5.41) is 20.3. The molecule has 1 saturated heterocycles. The number of aromatic amines is 1. The van der Waals surface area contributed by atoms with Gasteiger partial charge in [0.2, 0.25) is 5.95 Å². The van der Waals surface area contributed by atoms with E-state index in [-0.39, 0.29) is 0 Å². The van der Waals surface area contributed by atoms with Gasteiger partial charge in [-0.15, -0.1) is 0 Å². The van der Waals surface area contributed by atoms with Gasteiger partial charge in [0.1, 0.15) is 22.9 Å². The maximum atomic E-state index is 14.5. The van der Waals surface area contributed by atoms with Gasteiger partial charge in [-0.2, -0.15) is 9.97 Å². The lowest BCUT2D eigenvalue weighted by molar-refractivity contribution is 0.168. The molecule has 49 heavy (non-hydrogen) atoms. The van der Waals surface area contributed by atoms with Gasteiger partial charge in [0.25, 0.3) is 0 Å². The van der Waals surface area contributed by atoms with Crippen molar-refractivity contribution in [3.05, 3.63) is 60.7 Å². The predicted octanol–water partition coefficient (Wildman–Crippen LogP) is 5.60. The van der Waals surface area contributed by atoms with Gasteiger partial charge in [-0.05, 0) is 50.4 Å². The number of ether oxygens (including phenoxy) is 1. The zero-order chi connectivity index (χ0) is 34.1. The first kappa shape index (κ1) is 32.7. The molecule has 0 bridgehead atoms. The summed E-state index contributed by atoms with van der Waals surface area (Å²) < 4.78 is 20.4. The second-order valence-corrected chi connectivity index (χ2v) is 14.9. The number of anilines is 5. The minimum atomic E-state index is -1.00. The Hall–Kier alpha value is -4.87. The number of halogens is 1. The molecule has 5 N–H and O–H groups in total. The van der Waals surface area contributed by atoms with E-state index < -0.39 is 13.6 Å². The molecule has 2 aromatic carbocycles. The molecule has 1 saturated carbocycles. The third kappa shape index (κ3) is 6.73. The lowest BCUT2D eigenvalue weighted by Crippen LogP contribution is -2.48. The van der Waals surface area contributed by atoms with E-state index >= 15 is 0 Å². The Kier molecular flexibility index (Phi) is 9.04. The number of allylic oxidation sites excluding steroid dienone is 1. The van der Waals surface area contributed by atoms with E-state index in [2.05, 4.69) is 54.0 Å². The Labute approximate surface area is 285 Å². The van der Waals surface area contributed by atoms with Gasteiger partial charge in [0.15, 0.2) is 0 Å². The highest BCUT2D eigenvalue weighted by atomic mass is 31.1. The summed E-state index contributed by atoms with van der Waals surface area (Å²) in [5.74, 6) is 1.62. The molecule has 1 aliphatic carbocycles. The lowest BCUT2D eigenvalue weighted by Gasteiger charge is -2.38. The Morgan fingerprint density at radius 1 is 1.06 bits per heavy atom. The number of nitrogens with one attached hydrogen (secondary N) is 5. The summed E-state index contributed by atoms with van der Waals surface area (Å²) in [6, 6.07) is 9.93. The fourth-order valence-electron chi connectivity index (χ4n) is 6.44. The van der Waals surface area contributed by atoms with Crippen molar-refractivity contribution in [2.75, 3.05) is 75.7 Å². The fourth-order valence-corrected chi connectivity index (χ4v) is 7.65. The van der Waals surface area contributed by atoms with Crippen LogP contribution in [0.3, 0.4) is 0 Å². The SMILES string of the molecule is CN/C=C(\C=N)c1cc(Nc2nc(Nc3ccc4nccnc4c3P(C)C)c3cc[nH]c3n2)c(OC)cc1N1CCN(CC2(F)CC2)CC1. The highest BCUT2D eigenvalue weighted by Gasteiger charge is 2.44. The maximum Gasteiger partial charge on any atom is 0.231 e. The topological polar surface area (TPSA) is 143 Å². The van der Waals surface area contributed by atoms with Crippen LogP contribution in [-0.2, 0) is 0 Å². The predicted molar refractivity (Wildman–Crippen MR) is 199 cm³/mol. The zero-order valence-corrected chi connectivity index (χ0v) is 29.0. The first-order valence-electron chi connectivity index (χ1n) is 16.4. The third-order valence-electron chi connectivity index (χ3n) is 9.07. The fraction of sp³-hybridized carbons (Fsp3) is 0.343. The Morgan fingerprint density at radius 2 is 1.86 bits per heavy atom. The van der Waals surface area contributed by atoms with Crippen molar-refractivity contribution in [2.45, 2.75) is 18.5 Å². The van der Waals surface area contributed by atoms with Crippen LogP contribution >= 0.6 is 7.92 Å². The van der Waals surface area contributed by atoms with Crippen LogP contribution in [-0.4, -0.2) is 102 Å². The average Bonchev–Trinajstić information content (AvgIpc) is 3.63. The highest BCUT2D eigenvalue weighted by molar-refractivity contribution is 7.65. The van der Waals surface area contributed by atoms with Gasteiger partial charge < -0.3 is 36.0 Å². The van der Waals surface area contributed by atoms with Crippen LogP contribution in [0.25, 0.3) is 27.6 Å². The van der Waals surface area contributed by atoms with E-state index in [0.29, 0.717) is 53.8 Å². The van der Waals surface area contributed by atoms with Crippen molar-refractivity contribution in [1.29, 1.82) is 5.41 Å². The minimum absolute atomic E-state index is 0.370. The van der Waals surface area contributed by atoms with Crippen LogP contribution in [0.15, 0.2) is 55.1 Å². The van der Waals surface area contributed by atoms with Gasteiger partial charge in [0.05, 0.1) is 29.2 Å². The van der Waals surface area contributed by atoms with E-state index in [1.807, 2.05) is 49.8 Å². The van der Waals surface area contributed by atoms with Crippen LogP contribution in [0.5, 0.6) is 5.75 Å². The molecule has 0 spiro atoms. The van der Waals surface area contributed by atoms with Gasteiger partial charge in [-0.1, -0.05) is 7.92 Å². The average molecular weight is 682 g/mol. The summed E-state index contributed by atoms with van der Waals surface area (Å²) in [6.45, 7) is 7.93. The van der Waals surface area contributed by atoms with E-state index in [1.54, 1.807) is 19.5 Å². The zero-order valence-electron chi connectivity index (χ0n) is 28.1. The Balaban J connectivity index is 1.24. The molecule has 0 amide bonds. The summed E-state index contributed by atoms with van der Waals surface area (Å²) in [6.07, 6.45) is 9.76. The van der Waals surface area contributed by atoms with Gasteiger partial charge in [0, 0.05) is 105 Å². The molecule has 12 nitrogen and oxygen atoms in total. The van der Waals surface area contributed by atoms with Gasteiger partial charge >= 0.3 is 0 Å².